The summed E-state index contributed by atoms with van der Waals surface area (Å²) in [5, 5.41) is 7.22. The minimum Gasteiger partial charge on any atom is -0.352 e. The second-order valence-corrected chi connectivity index (χ2v) is 6.63. The molecule has 0 radical (unpaired) electrons. The van der Waals surface area contributed by atoms with E-state index in [1.54, 1.807) is 17.1 Å². The summed E-state index contributed by atoms with van der Waals surface area (Å²) < 4.78 is 1.71. The molecule has 0 spiro atoms. The van der Waals surface area contributed by atoms with Crippen molar-refractivity contribution < 1.29 is 4.79 Å². The van der Waals surface area contributed by atoms with Gasteiger partial charge in [-0.05, 0) is 54.9 Å². The van der Waals surface area contributed by atoms with E-state index in [0.29, 0.717) is 18.4 Å². The minimum atomic E-state index is -0.0128. The molecule has 136 valence electrons. The number of hydrogen-bond acceptors (Lipinski definition) is 4. The van der Waals surface area contributed by atoms with Crippen LogP contribution >= 0.6 is 24.8 Å². The van der Waals surface area contributed by atoms with E-state index in [-0.39, 0.29) is 42.7 Å². The SMILES string of the molecule is Cl.Cl.NC1C2CCC(C2)C1C(=O)NCc1ccnc(-n2cccn2)c1. The average molecular weight is 384 g/mol. The summed E-state index contributed by atoms with van der Waals surface area (Å²) in [6.07, 6.45) is 8.76. The van der Waals surface area contributed by atoms with E-state index in [9.17, 15) is 4.79 Å². The lowest BCUT2D eigenvalue weighted by atomic mass is 9.84. The molecule has 4 atom stereocenters. The number of aromatic nitrogens is 3. The number of hydrogen-bond donors (Lipinski definition) is 2. The van der Waals surface area contributed by atoms with E-state index in [1.807, 2.05) is 24.4 Å². The van der Waals surface area contributed by atoms with Gasteiger partial charge in [-0.15, -0.1) is 24.8 Å². The van der Waals surface area contributed by atoms with Crippen molar-refractivity contribution in [3.8, 4) is 5.82 Å². The molecule has 3 N–H and O–H groups in total. The van der Waals surface area contributed by atoms with Crippen molar-refractivity contribution in [3.05, 3.63) is 42.4 Å². The number of pyridine rings is 1. The van der Waals surface area contributed by atoms with Gasteiger partial charge in [0.15, 0.2) is 5.82 Å². The van der Waals surface area contributed by atoms with Gasteiger partial charge in [0.2, 0.25) is 5.91 Å². The second kappa shape index (κ2) is 8.17. The third-order valence-electron chi connectivity index (χ3n) is 5.30. The van der Waals surface area contributed by atoms with Gasteiger partial charge in [-0.25, -0.2) is 9.67 Å². The highest BCUT2D eigenvalue weighted by molar-refractivity contribution is 5.85. The summed E-state index contributed by atoms with van der Waals surface area (Å²) in [4.78, 5) is 16.8. The van der Waals surface area contributed by atoms with Gasteiger partial charge < -0.3 is 11.1 Å². The zero-order chi connectivity index (χ0) is 15.8. The summed E-state index contributed by atoms with van der Waals surface area (Å²) in [5.74, 6) is 1.86. The van der Waals surface area contributed by atoms with E-state index < -0.39 is 0 Å². The van der Waals surface area contributed by atoms with Crippen molar-refractivity contribution >= 4 is 30.7 Å². The topological polar surface area (TPSA) is 85.8 Å². The molecule has 2 aliphatic rings. The predicted molar refractivity (Wildman–Crippen MR) is 100.0 cm³/mol. The highest BCUT2D eigenvalue weighted by Gasteiger charge is 2.48. The summed E-state index contributed by atoms with van der Waals surface area (Å²) >= 11 is 0. The first-order chi connectivity index (χ1) is 11.2. The molecule has 2 heterocycles. The van der Waals surface area contributed by atoms with Crippen LogP contribution in [-0.2, 0) is 11.3 Å². The molecule has 0 aliphatic heterocycles. The molecule has 6 nitrogen and oxygen atoms in total. The number of nitrogens with one attached hydrogen (secondary N) is 1. The van der Waals surface area contributed by atoms with Crippen LogP contribution in [0.1, 0.15) is 24.8 Å². The third-order valence-corrected chi connectivity index (χ3v) is 5.30. The molecule has 2 fully saturated rings. The van der Waals surface area contributed by atoms with Crippen molar-refractivity contribution in [2.75, 3.05) is 0 Å². The normalized spacial score (nSPS) is 26.6. The van der Waals surface area contributed by atoms with Gasteiger partial charge in [0.1, 0.15) is 0 Å². The van der Waals surface area contributed by atoms with Crippen molar-refractivity contribution in [1.29, 1.82) is 0 Å². The van der Waals surface area contributed by atoms with Crippen LogP contribution in [0.5, 0.6) is 0 Å². The second-order valence-electron chi connectivity index (χ2n) is 6.63. The van der Waals surface area contributed by atoms with Crippen LogP contribution in [0, 0.1) is 17.8 Å². The Balaban J connectivity index is 0.00000113. The monoisotopic (exact) mass is 383 g/mol. The van der Waals surface area contributed by atoms with Gasteiger partial charge in [-0.1, -0.05) is 0 Å². The van der Waals surface area contributed by atoms with Crippen molar-refractivity contribution in [3.63, 3.8) is 0 Å². The fraction of sp³-hybridized carbons (Fsp3) is 0.471. The molecule has 4 unspecified atom stereocenters. The number of nitrogens with zero attached hydrogens (tertiary/aromatic N) is 3. The minimum absolute atomic E-state index is 0. The van der Waals surface area contributed by atoms with Gasteiger partial charge in [0, 0.05) is 31.2 Å². The summed E-state index contributed by atoms with van der Waals surface area (Å²) in [7, 11) is 0. The predicted octanol–water partition coefficient (Wildman–Crippen LogP) is 2.10. The average Bonchev–Trinajstić information content (AvgIpc) is 3.30. The van der Waals surface area contributed by atoms with Crippen LogP contribution in [0.25, 0.3) is 5.82 Å². The first-order valence-corrected chi connectivity index (χ1v) is 8.20. The maximum atomic E-state index is 12.5. The Morgan fingerprint density at radius 1 is 1.28 bits per heavy atom. The number of carbonyl (C=O) groups excluding carboxylic acids is 1. The van der Waals surface area contributed by atoms with Crippen molar-refractivity contribution in [1.82, 2.24) is 20.1 Å². The first-order valence-electron chi connectivity index (χ1n) is 8.20. The van der Waals surface area contributed by atoms with Gasteiger partial charge in [0.25, 0.3) is 0 Å². The maximum absolute atomic E-state index is 12.5. The molecule has 2 bridgehead atoms. The van der Waals surface area contributed by atoms with Crippen LogP contribution in [0.15, 0.2) is 36.8 Å². The van der Waals surface area contributed by atoms with Gasteiger partial charge in [0.05, 0.1) is 5.92 Å². The Morgan fingerprint density at radius 2 is 2.08 bits per heavy atom. The van der Waals surface area contributed by atoms with E-state index in [4.69, 9.17) is 5.73 Å². The largest absolute Gasteiger partial charge is 0.352 e. The fourth-order valence-electron chi connectivity index (χ4n) is 4.13. The Kier molecular flexibility index (Phi) is 6.43. The molecule has 8 heteroatoms. The van der Waals surface area contributed by atoms with E-state index in [0.717, 1.165) is 24.2 Å². The zero-order valence-electron chi connectivity index (χ0n) is 13.7. The Morgan fingerprint density at radius 3 is 2.76 bits per heavy atom. The number of carbonyl (C=O) groups is 1. The summed E-state index contributed by atoms with van der Waals surface area (Å²) in [6, 6.07) is 5.74. The highest BCUT2D eigenvalue weighted by atomic mass is 35.5. The molecule has 2 saturated carbocycles. The fourth-order valence-corrected chi connectivity index (χ4v) is 4.13. The smallest absolute Gasteiger partial charge is 0.225 e. The lowest BCUT2D eigenvalue weighted by Crippen LogP contribution is -2.45. The molecule has 2 aromatic rings. The molecular weight excluding hydrogens is 361 g/mol. The maximum Gasteiger partial charge on any atom is 0.225 e. The molecule has 2 aliphatic carbocycles. The molecule has 1 amide bonds. The van der Waals surface area contributed by atoms with Gasteiger partial charge in [-0.2, -0.15) is 5.10 Å². The summed E-state index contributed by atoms with van der Waals surface area (Å²) in [5.41, 5.74) is 7.25. The number of nitrogens with two attached hydrogens (primary N) is 1. The van der Waals surface area contributed by atoms with Crippen molar-refractivity contribution in [2.45, 2.75) is 31.8 Å². The van der Waals surface area contributed by atoms with Crippen molar-refractivity contribution in [2.24, 2.45) is 23.5 Å². The van der Waals surface area contributed by atoms with Crippen LogP contribution in [0.3, 0.4) is 0 Å². The van der Waals surface area contributed by atoms with Crippen LogP contribution in [0.2, 0.25) is 0 Å². The number of halogens is 2. The zero-order valence-corrected chi connectivity index (χ0v) is 15.4. The Labute approximate surface area is 159 Å². The van der Waals surface area contributed by atoms with Gasteiger partial charge in [-0.3, -0.25) is 4.79 Å². The molecule has 25 heavy (non-hydrogen) atoms. The Bertz CT molecular complexity index is 707. The lowest BCUT2D eigenvalue weighted by Gasteiger charge is -2.27. The number of rotatable bonds is 4. The first kappa shape index (κ1) is 19.7. The number of fused-ring (bicyclic) bond motifs is 2. The van der Waals surface area contributed by atoms with Crippen LogP contribution < -0.4 is 11.1 Å². The quantitative estimate of drug-likeness (QED) is 0.846. The highest BCUT2D eigenvalue weighted by Crippen LogP contribution is 2.47. The molecule has 2 aromatic heterocycles. The standard InChI is InChI=1S/C17H21N5O.2ClH/c18-16-13-3-2-12(9-13)15(16)17(23)20-10-11-4-6-19-14(8-11)22-7-1-5-21-22;;/h1,4-8,12-13,15-16H,2-3,9-10,18H2,(H,20,23);2*1H. The molecular formula is C17H23Cl2N5O. The molecule has 0 aromatic carbocycles. The summed E-state index contributed by atoms with van der Waals surface area (Å²) in [6.45, 7) is 0.496. The van der Waals surface area contributed by atoms with E-state index in [2.05, 4.69) is 15.4 Å². The van der Waals surface area contributed by atoms with Crippen LogP contribution in [0.4, 0.5) is 0 Å². The van der Waals surface area contributed by atoms with E-state index >= 15 is 0 Å². The number of amides is 1. The third kappa shape index (κ3) is 3.81. The Hall–Kier alpha value is -1.63. The van der Waals surface area contributed by atoms with Gasteiger partial charge >= 0.3 is 0 Å². The lowest BCUT2D eigenvalue weighted by molar-refractivity contribution is -0.127. The van der Waals surface area contributed by atoms with E-state index in [1.165, 1.54) is 6.42 Å². The molecule has 4 rings (SSSR count). The molecule has 0 saturated heterocycles. The van der Waals surface area contributed by atoms with Crippen LogP contribution in [-0.4, -0.2) is 26.7 Å².